The summed E-state index contributed by atoms with van der Waals surface area (Å²) in [5, 5.41) is 19.7. The Hall–Kier alpha value is -0.120. The topological polar surface area (TPSA) is 43.7 Å². The van der Waals surface area contributed by atoms with E-state index in [-0.39, 0.29) is 6.10 Å². The first-order valence-electron chi connectivity index (χ1n) is 6.20. The van der Waals surface area contributed by atoms with Gasteiger partial charge in [0.25, 0.3) is 0 Å². The lowest BCUT2D eigenvalue weighted by atomic mass is 9.76. The molecule has 1 atom stereocenters. The second kappa shape index (κ2) is 4.40. The zero-order valence-corrected chi connectivity index (χ0v) is 9.65. The molecule has 88 valence electrons. The van der Waals surface area contributed by atoms with Crippen molar-refractivity contribution in [3.05, 3.63) is 0 Å². The minimum atomic E-state index is -0.431. The van der Waals surface area contributed by atoms with Gasteiger partial charge in [-0.3, -0.25) is 0 Å². The standard InChI is InChI=1S/C12H23NO2/c1-13(10-3-4-10)9-11(14)5-8-12(15)6-2-7-12/h10-11,14-15H,2-9H2,1H3. The van der Waals surface area contributed by atoms with Gasteiger partial charge in [-0.05, 0) is 52.0 Å². The second-order valence-corrected chi connectivity index (χ2v) is 5.44. The molecule has 0 aromatic carbocycles. The number of hydrogen-bond donors (Lipinski definition) is 2. The van der Waals surface area contributed by atoms with E-state index in [0.717, 1.165) is 38.6 Å². The lowest BCUT2D eigenvalue weighted by Crippen LogP contribution is -2.39. The Morgan fingerprint density at radius 1 is 1.40 bits per heavy atom. The van der Waals surface area contributed by atoms with E-state index in [2.05, 4.69) is 11.9 Å². The van der Waals surface area contributed by atoms with Gasteiger partial charge in [0.2, 0.25) is 0 Å². The Labute approximate surface area is 92.1 Å². The smallest absolute Gasteiger partial charge is 0.0668 e. The summed E-state index contributed by atoms with van der Waals surface area (Å²) in [7, 11) is 2.08. The van der Waals surface area contributed by atoms with Crippen LogP contribution in [0.25, 0.3) is 0 Å². The van der Waals surface area contributed by atoms with Crippen LogP contribution >= 0.6 is 0 Å². The van der Waals surface area contributed by atoms with Gasteiger partial charge in [-0.25, -0.2) is 0 Å². The van der Waals surface area contributed by atoms with Crippen molar-refractivity contribution >= 4 is 0 Å². The van der Waals surface area contributed by atoms with Crippen molar-refractivity contribution < 1.29 is 10.2 Å². The molecule has 0 bridgehead atoms. The van der Waals surface area contributed by atoms with E-state index in [0.29, 0.717) is 6.04 Å². The van der Waals surface area contributed by atoms with Crippen LogP contribution in [0.2, 0.25) is 0 Å². The molecule has 3 nitrogen and oxygen atoms in total. The predicted molar refractivity (Wildman–Crippen MR) is 59.7 cm³/mol. The fourth-order valence-electron chi connectivity index (χ4n) is 2.36. The molecule has 2 N–H and O–H groups in total. The molecule has 0 saturated heterocycles. The van der Waals surface area contributed by atoms with Crippen molar-refractivity contribution in [3.63, 3.8) is 0 Å². The normalized spacial score (nSPS) is 26.4. The molecule has 2 fully saturated rings. The summed E-state index contributed by atoms with van der Waals surface area (Å²) >= 11 is 0. The van der Waals surface area contributed by atoms with Gasteiger partial charge in [0, 0.05) is 12.6 Å². The third-order valence-electron chi connectivity index (χ3n) is 3.90. The Kier molecular flexibility index (Phi) is 3.33. The quantitative estimate of drug-likeness (QED) is 0.695. The van der Waals surface area contributed by atoms with Gasteiger partial charge in [0.1, 0.15) is 0 Å². The van der Waals surface area contributed by atoms with E-state index < -0.39 is 5.60 Å². The maximum Gasteiger partial charge on any atom is 0.0668 e. The van der Waals surface area contributed by atoms with Gasteiger partial charge >= 0.3 is 0 Å². The summed E-state index contributed by atoms with van der Waals surface area (Å²) in [5.74, 6) is 0. The van der Waals surface area contributed by atoms with Gasteiger partial charge in [0.05, 0.1) is 11.7 Å². The Morgan fingerprint density at radius 2 is 2.07 bits per heavy atom. The van der Waals surface area contributed by atoms with Crippen molar-refractivity contribution in [2.24, 2.45) is 0 Å². The fourth-order valence-corrected chi connectivity index (χ4v) is 2.36. The van der Waals surface area contributed by atoms with Crippen molar-refractivity contribution in [3.8, 4) is 0 Å². The van der Waals surface area contributed by atoms with E-state index in [9.17, 15) is 10.2 Å². The first-order chi connectivity index (χ1) is 7.09. The molecule has 1 unspecified atom stereocenters. The molecule has 0 spiro atoms. The first-order valence-corrected chi connectivity index (χ1v) is 6.20. The third kappa shape index (κ3) is 3.16. The van der Waals surface area contributed by atoms with Crippen LogP contribution < -0.4 is 0 Å². The van der Waals surface area contributed by atoms with Crippen LogP contribution in [0.1, 0.15) is 44.9 Å². The maximum absolute atomic E-state index is 9.89. The number of nitrogens with zero attached hydrogens (tertiary/aromatic N) is 1. The molecule has 2 aliphatic carbocycles. The van der Waals surface area contributed by atoms with Crippen LogP contribution in [0.3, 0.4) is 0 Å². The molecule has 2 aliphatic rings. The van der Waals surface area contributed by atoms with E-state index in [1.54, 1.807) is 0 Å². The summed E-state index contributed by atoms with van der Waals surface area (Å²) in [6.45, 7) is 0.765. The SMILES string of the molecule is CN(CC(O)CCC1(O)CCC1)C1CC1. The second-order valence-electron chi connectivity index (χ2n) is 5.44. The Morgan fingerprint density at radius 3 is 2.53 bits per heavy atom. The van der Waals surface area contributed by atoms with Crippen LogP contribution in [0, 0.1) is 0 Å². The van der Waals surface area contributed by atoms with Crippen LogP contribution in [0.5, 0.6) is 0 Å². The molecule has 0 radical (unpaired) electrons. The van der Waals surface area contributed by atoms with Crippen molar-refractivity contribution in [1.29, 1.82) is 0 Å². The lowest BCUT2D eigenvalue weighted by Gasteiger charge is -2.37. The van der Waals surface area contributed by atoms with E-state index >= 15 is 0 Å². The minimum Gasteiger partial charge on any atom is -0.392 e. The summed E-state index contributed by atoms with van der Waals surface area (Å²) in [6, 6.07) is 0.714. The molecule has 3 heteroatoms. The average molecular weight is 213 g/mol. The average Bonchev–Trinajstić information content (AvgIpc) is 2.94. The monoisotopic (exact) mass is 213 g/mol. The Balaban J connectivity index is 1.61. The number of hydrogen-bond acceptors (Lipinski definition) is 3. The maximum atomic E-state index is 9.89. The van der Waals surface area contributed by atoms with Gasteiger partial charge in [-0.1, -0.05) is 0 Å². The van der Waals surface area contributed by atoms with E-state index in [4.69, 9.17) is 0 Å². The highest BCUT2D eigenvalue weighted by Crippen LogP contribution is 2.36. The van der Waals surface area contributed by atoms with E-state index in [1.807, 2.05) is 0 Å². The van der Waals surface area contributed by atoms with Gasteiger partial charge in [-0.15, -0.1) is 0 Å². The molecule has 0 aromatic rings. The number of aliphatic hydroxyl groups excluding tert-OH is 1. The largest absolute Gasteiger partial charge is 0.392 e. The van der Waals surface area contributed by atoms with Crippen LogP contribution in [-0.2, 0) is 0 Å². The van der Waals surface area contributed by atoms with Crippen LogP contribution in [0.4, 0.5) is 0 Å². The molecular formula is C12H23NO2. The molecule has 0 aromatic heterocycles. The number of rotatable bonds is 6. The lowest BCUT2D eigenvalue weighted by molar-refractivity contribution is -0.0508. The minimum absolute atomic E-state index is 0.264. The van der Waals surface area contributed by atoms with E-state index in [1.165, 1.54) is 12.8 Å². The highest BCUT2D eigenvalue weighted by atomic mass is 16.3. The molecular weight excluding hydrogens is 190 g/mol. The number of aliphatic hydroxyl groups is 2. The van der Waals surface area contributed by atoms with Gasteiger partial charge in [0.15, 0.2) is 0 Å². The van der Waals surface area contributed by atoms with Crippen molar-refractivity contribution in [2.75, 3.05) is 13.6 Å². The molecule has 0 heterocycles. The number of likely N-dealkylation sites (N-methyl/N-ethyl adjacent to an activating group) is 1. The molecule has 0 amide bonds. The predicted octanol–water partition coefficient (Wildman–Crippen LogP) is 1.14. The Bertz CT molecular complexity index is 212. The fraction of sp³-hybridized carbons (Fsp3) is 1.00. The first kappa shape index (κ1) is 11.4. The van der Waals surface area contributed by atoms with Crippen molar-refractivity contribution in [1.82, 2.24) is 4.90 Å². The van der Waals surface area contributed by atoms with Crippen LogP contribution in [0.15, 0.2) is 0 Å². The van der Waals surface area contributed by atoms with Crippen molar-refractivity contribution in [2.45, 2.75) is 62.7 Å². The third-order valence-corrected chi connectivity index (χ3v) is 3.90. The summed E-state index contributed by atoms with van der Waals surface area (Å²) in [6.07, 6.45) is 6.83. The zero-order chi connectivity index (χ0) is 10.9. The molecule has 0 aliphatic heterocycles. The molecule has 2 rings (SSSR count). The summed E-state index contributed by atoms with van der Waals surface area (Å²) < 4.78 is 0. The van der Waals surface area contributed by atoms with Crippen LogP contribution in [-0.4, -0.2) is 46.5 Å². The highest BCUT2D eigenvalue weighted by Gasteiger charge is 2.34. The highest BCUT2D eigenvalue weighted by molar-refractivity contribution is 4.89. The molecule has 15 heavy (non-hydrogen) atoms. The summed E-state index contributed by atoms with van der Waals surface area (Å²) in [5.41, 5.74) is -0.431. The van der Waals surface area contributed by atoms with Gasteiger partial charge < -0.3 is 15.1 Å². The molecule has 2 saturated carbocycles. The van der Waals surface area contributed by atoms with Gasteiger partial charge in [-0.2, -0.15) is 0 Å². The summed E-state index contributed by atoms with van der Waals surface area (Å²) in [4.78, 5) is 2.25. The zero-order valence-electron chi connectivity index (χ0n) is 9.65.